The van der Waals surface area contributed by atoms with Crippen molar-refractivity contribution in [3.05, 3.63) is 0 Å². The number of hydrogen-bond donors (Lipinski definition) is 1. The molecule has 0 spiro atoms. The summed E-state index contributed by atoms with van der Waals surface area (Å²) in [6.07, 6.45) is 0.601. The lowest BCUT2D eigenvalue weighted by atomic mass is 9.80. The minimum atomic E-state index is -2.54. The van der Waals surface area contributed by atoms with Crippen LogP contribution in [-0.4, -0.2) is 17.6 Å². The van der Waals surface area contributed by atoms with E-state index in [4.69, 9.17) is 5.11 Å². The average Bonchev–Trinajstić information content (AvgIpc) is 2.04. The molecule has 3 heteroatoms. The predicted molar refractivity (Wildman–Crippen MR) is 49.9 cm³/mol. The van der Waals surface area contributed by atoms with Crippen molar-refractivity contribution in [1.29, 1.82) is 0 Å². The second-order valence-corrected chi connectivity index (χ2v) is 3.65. The van der Waals surface area contributed by atoms with Crippen LogP contribution in [0.1, 0.15) is 40.0 Å². The Morgan fingerprint density at radius 2 is 1.85 bits per heavy atom. The van der Waals surface area contributed by atoms with Crippen molar-refractivity contribution in [2.24, 2.45) is 11.8 Å². The Hall–Kier alpha value is -0.180. The van der Waals surface area contributed by atoms with E-state index in [1.807, 2.05) is 20.8 Å². The molecule has 1 aliphatic rings. The maximum Gasteiger partial charge on any atom is 0.248 e. The van der Waals surface area contributed by atoms with Crippen molar-refractivity contribution in [3.8, 4) is 0 Å². The van der Waals surface area contributed by atoms with E-state index in [1.54, 1.807) is 0 Å². The Labute approximate surface area is 79.1 Å². The van der Waals surface area contributed by atoms with Gasteiger partial charge in [-0.15, -0.1) is 0 Å². The van der Waals surface area contributed by atoms with Gasteiger partial charge in [-0.2, -0.15) is 0 Å². The summed E-state index contributed by atoms with van der Waals surface area (Å²) in [7, 11) is 0. The lowest BCUT2D eigenvalue weighted by Crippen LogP contribution is -2.32. The zero-order valence-corrected chi connectivity index (χ0v) is 8.69. The SMILES string of the molecule is CC.CC1CC(CO)CC(F)(F)C1. The fraction of sp³-hybridized carbons (Fsp3) is 1.00. The fourth-order valence-corrected chi connectivity index (χ4v) is 1.89. The number of alkyl halides is 2. The number of rotatable bonds is 1. The van der Waals surface area contributed by atoms with Crippen LogP contribution in [0.4, 0.5) is 8.78 Å². The molecule has 0 bridgehead atoms. The minimum Gasteiger partial charge on any atom is -0.396 e. The van der Waals surface area contributed by atoms with Crippen LogP contribution in [0.5, 0.6) is 0 Å². The van der Waals surface area contributed by atoms with Gasteiger partial charge in [0.1, 0.15) is 0 Å². The third kappa shape index (κ3) is 4.55. The first kappa shape index (κ1) is 12.8. The van der Waals surface area contributed by atoms with Crippen LogP contribution in [0.25, 0.3) is 0 Å². The van der Waals surface area contributed by atoms with Gasteiger partial charge >= 0.3 is 0 Å². The first-order valence-corrected chi connectivity index (χ1v) is 5.02. The first-order valence-electron chi connectivity index (χ1n) is 5.02. The van der Waals surface area contributed by atoms with Crippen LogP contribution in [0.2, 0.25) is 0 Å². The maximum absolute atomic E-state index is 12.8. The van der Waals surface area contributed by atoms with E-state index in [1.165, 1.54) is 0 Å². The van der Waals surface area contributed by atoms with E-state index in [0.29, 0.717) is 0 Å². The van der Waals surface area contributed by atoms with Gasteiger partial charge in [0.25, 0.3) is 0 Å². The summed E-state index contributed by atoms with van der Waals surface area (Å²) < 4.78 is 25.6. The Morgan fingerprint density at radius 1 is 1.31 bits per heavy atom. The van der Waals surface area contributed by atoms with E-state index in [0.717, 1.165) is 6.42 Å². The summed E-state index contributed by atoms with van der Waals surface area (Å²) in [5.74, 6) is -2.67. The van der Waals surface area contributed by atoms with E-state index in [9.17, 15) is 8.78 Å². The average molecular weight is 194 g/mol. The third-order valence-corrected chi connectivity index (χ3v) is 2.23. The highest BCUT2D eigenvalue weighted by atomic mass is 19.3. The first-order chi connectivity index (χ1) is 6.03. The van der Waals surface area contributed by atoms with Crippen LogP contribution in [0.15, 0.2) is 0 Å². The molecule has 2 unspecified atom stereocenters. The molecule has 0 aromatic rings. The van der Waals surface area contributed by atoms with Crippen LogP contribution in [-0.2, 0) is 0 Å². The third-order valence-electron chi connectivity index (χ3n) is 2.23. The van der Waals surface area contributed by atoms with Crippen LogP contribution < -0.4 is 0 Å². The zero-order valence-electron chi connectivity index (χ0n) is 8.69. The van der Waals surface area contributed by atoms with Crippen LogP contribution in [0.3, 0.4) is 0 Å². The van der Waals surface area contributed by atoms with E-state index >= 15 is 0 Å². The van der Waals surface area contributed by atoms with Crippen LogP contribution >= 0.6 is 0 Å². The summed E-state index contributed by atoms with van der Waals surface area (Å²) in [5.41, 5.74) is 0. The zero-order chi connectivity index (χ0) is 10.5. The molecule has 80 valence electrons. The van der Waals surface area contributed by atoms with Crippen molar-refractivity contribution < 1.29 is 13.9 Å². The molecule has 0 heterocycles. The van der Waals surface area contributed by atoms with Gasteiger partial charge < -0.3 is 5.11 Å². The molecule has 1 rings (SSSR count). The Balaban J connectivity index is 0.000000671. The topological polar surface area (TPSA) is 20.2 Å². The minimum absolute atomic E-state index is 0.0104. The summed E-state index contributed by atoms with van der Waals surface area (Å²) in [6, 6.07) is 0. The van der Waals surface area contributed by atoms with Gasteiger partial charge in [-0.1, -0.05) is 20.8 Å². The molecule has 0 amide bonds. The molecule has 0 saturated heterocycles. The van der Waals surface area contributed by atoms with Gasteiger partial charge in [0.2, 0.25) is 5.92 Å². The van der Waals surface area contributed by atoms with Gasteiger partial charge in [-0.05, 0) is 18.3 Å². The molecule has 1 N–H and O–H groups in total. The molecule has 1 saturated carbocycles. The molecule has 0 aromatic heterocycles. The molecular formula is C10H20F2O. The van der Waals surface area contributed by atoms with Crippen LogP contribution in [0, 0.1) is 11.8 Å². The molecule has 1 fully saturated rings. The lowest BCUT2D eigenvalue weighted by molar-refractivity contribution is -0.0769. The summed E-state index contributed by atoms with van der Waals surface area (Å²) in [6.45, 7) is 5.72. The summed E-state index contributed by atoms with van der Waals surface area (Å²) in [4.78, 5) is 0. The van der Waals surface area contributed by atoms with Gasteiger partial charge in [-0.3, -0.25) is 0 Å². The molecule has 2 atom stereocenters. The molecule has 0 aliphatic heterocycles. The van der Waals surface area contributed by atoms with Gasteiger partial charge in [0.15, 0.2) is 0 Å². The predicted octanol–water partition coefficient (Wildman–Crippen LogP) is 3.08. The Morgan fingerprint density at radius 3 is 2.23 bits per heavy atom. The maximum atomic E-state index is 12.8. The van der Waals surface area contributed by atoms with Crippen molar-refractivity contribution in [1.82, 2.24) is 0 Å². The van der Waals surface area contributed by atoms with Gasteiger partial charge in [0.05, 0.1) is 0 Å². The largest absolute Gasteiger partial charge is 0.396 e. The second-order valence-electron chi connectivity index (χ2n) is 3.65. The second kappa shape index (κ2) is 5.53. The molecule has 1 aliphatic carbocycles. The molecule has 0 aromatic carbocycles. The highest BCUT2D eigenvalue weighted by molar-refractivity contribution is 4.81. The number of aliphatic hydroxyl groups is 1. The standard InChI is InChI=1S/C8H14F2O.C2H6/c1-6-2-7(5-11)4-8(9,10)3-6;1-2/h6-7,11H,2-5H2,1H3;1-2H3. The van der Waals surface area contributed by atoms with E-state index in [2.05, 4.69) is 0 Å². The quantitative estimate of drug-likeness (QED) is 0.680. The van der Waals surface area contributed by atoms with E-state index < -0.39 is 5.92 Å². The molecular weight excluding hydrogens is 174 g/mol. The number of hydrogen-bond acceptors (Lipinski definition) is 1. The van der Waals surface area contributed by atoms with E-state index in [-0.39, 0.29) is 31.3 Å². The smallest absolute Gasteiger partial charge is 0.248 e. The highest BCUT2D eigenvalue weighted by Gasteiger charge is 2.39. The normalized spacial score (nSPS) is 31.8. The molecule has 0 radical (unpaired) electrons. The monoisotopic (exact) mass is 194 g/mol. The van der Waals surface area contributed by atoms with Crippen molar-refractivity contribution >= 4 is 0 Å². The Bertz CT molecular complexity index is 137. The highest BCUT2D eigenvalue weighted by Crippen LogP contribution is 2.39. The van der Waals surface area contributed by atoms with Gasteiger partial charge in [-0.25, -0.2) is 8.78 Å². The van der Waals surface area contributed by atoms with Crippen molar-refractivity contribution in [2.75, 3.05) is 6.61 Å². The lowest BCUT2D eigenvalue weighted by Gasteiger charge is -2.31. The van der Waals surface area contributed by atoms with Crippen molar-refractivity contribution in [3.63, 3.8) is 0 Å². The van der Waals surface area contributed by atoms with Crippen molar-refractivity contribution in [2.45, 2.75) is 46.0 Å². The molecule has 1 nitrogen and oxygen atoms in total. The summed E-state index contributed by atoms with van der Waals surface area (Å²) in [5, 5.41) is 8.71. The van der Waals surface area contributed by atoms with Gasteiger partial charge in [0, 0.05) is 19.4 Å². The number of halogens is 2. The number of aliphatic hydroxyl groups excluding tert-OH is 1. The molecule has 13 heavy (non-hydrogen) atoms. The fourth-order valence-electron chi connectivity index (χ4n) is 1.89. The Kier molecular flexibility index (Phi) is 5.45. The summed E-state index contributed by atoms with van der Waals surface area (Å²) >= 11 is 0.